The van der Waals surface area contributed by atoms with E-state index in [1.807, 2.05) is 0 Å². The summed E-state index contributed by atoms with van der Waals surface area (Å²) in [6.07, 6.45) is 2.40. The molecule has 4 aromatic heterocycles. The number of aromatic hydroxyl groups is 1. The highest BCUT2D eigenvalue weighted by atomic mass is 32.1. The van der Waals surface area contributed by atoms with Crippen LogP contribution in [0.3, 0.4) is 0 Å². The molecule has 5 rings (SSSR count). The molecule has 13 heteroatoms. The number of rotatable bonds is 6. The van der Waals surface area contributed by atoms with Crippen LogP contribution in [0.1, 0.15) is 28.2 Å². The molecule has 4 heterocycles. The van der Waals surface area contributed by atoms with Crippen LogP contribution < -0.4 is 21.7 Å². The molecule has 1 fully saturated rings. The molecule has 0 spiro atoms. The maximum absolute atomic E-state index is 12.4. The number of amides is 1. The van der Waals surface area contributed by atoms with E-state index in [-0.39, 0.29) is 22.5 Å². The quantitative estimate of drug-likeness (QED) is 0.328. The fourth-order valence-electron chi connectivity index (χ4n) is 3.18. The lowest BCUT2D eigenvalue weighted by molar-refractivity contribution is 0.0895. The number of alkyl halides is 2. The largest absolute Gasteiger partial charge is 0.493 e. The standard InChI is InChI=1S/C20H17F2N7O3S/c21-15(22)8-23-19(31)14-4-3-13(33-14)11-6-16(25-10-1-2-10)29-17(26-11)9(7-24-29)5-12-18(30)28-20(32)27-12/h3-7,10,15,30H,1-2,8H2,(H,23,31)(H2,27,28,32)/b9-5+,25-16?. The first-order valence-corrected chi connectivity index (χ1v) is 10.8. The first-order chi connectivity index (χ1) is 15.9. The van der Waals surface area contributed by atoms with E-state index in [9.17, 15) is 23.5 Å². The zero-order valence-electron chi connectivity index (χ0n) is 16.9. The fourth-order valence-corrected chi connectivity index (χ4v) is 4.06. The number of halogens is 2. The third-order valence-corrected chi connectivity index (χ3v) is 5.98. The summed E-state index contributed by atoms with van der Waals surface area (Å²) in [5.41, 5.74) is 1.16. The molecule has 0 unspecified atom stereocenters. The Labute approximate surface area is 187 Å². The predicted octanol–water partition coefficient (Wildman–Crippen LogP) is 0.785. The van der Waals surface area contributed by atoms with Crippen LogP contribution in [0.2, 0.25) is 0 Å². The van der Waals surface area contributed by atoms with Crippen molar-refractivity contribution < 1.29 is 18.7 Å². The minimum absolute atomic E-state index is 0.178. The minimum Gasteiger partial charge on any atom is -0.493 e. The Morgan fingerprint density at radius 2 is 2.21 bits per heavy atom. The molecule has 0 atom stereocenters. The van der Waals surface area contributed by atoms with E-state index in [0.717, 1.165) is 24.2 Å². The number of fused-ring (bicyclic) bond motifs is 1. The van der Waals surface area contributed by atoms with E-state index < -0.39 is 24.6 Å². The Bertz CT molecular complexity index is 1530. The summed E-state index contributed by atoms with van der Waals surface area (Å²) in [5.74, 6) is -0.892. The molecular weight excluding hydrogens is 456 g/mol. The average molecular weight is 473 g/mol. The average Bonchev–Trinajstić information content (AvgIpc) is 3.16. The van der Waals surface area contributed by atoms with Crippen LogP contribution in [-0.4, -0.2) is 54.6 Å². The number of thiophene rings is 1. The molecule has 1 amide bonds. The van der Waals surface area contributed by atoms with Crippen LogP contribution in [0.15, 0.2) is 34.2 Å². The molecule has 0 radical (unpaired) electrons. The number of H-pyrrole nitrogens is 2. The number of carbonyl (C=O) groups excluding carboxylic acids is 1. The normalized spacial score (nSPS) is 15.1. The highest BCUT2D eigenvalue weighted by molar-refractivity contribution is 7.17. The summed E-state index contributed by atoms with van der Waals surface area (Å²) in [5, 5.41) is 17.0. The Balaban J connectivity index is 1.61. The highest BCUT2D eigenvalue weighted by Crippen LogP contribution is 2.27. The maximum Gasteiger partial charge on any atom is 0.326 e. The Morgan fingerprint density at radius 1 is 1.39 bits per heavy atom. The third-order valence-electron chi connectivity index (χ3n) is 4.88. The van der Waals surface area contributed by atoms with E-state index in [2.05, 4.69) is 25.4 Å². The first kappa shape index (κ1) is 21.0. The number of imidazole rings is 1. The molecule has 10 nitrogen and oxygen atoms in total. The Morgan fingerprint density at radius 3 is 2.91 bits per heavy atom. The van der Waals surface area contributed by atoms with Gasteiger partial charge in [0.2, 0.25) is 5.88 Å². The van der Waals surface area contributed by atoms with Gasteiger partial charge in [0, 0.05) is 11.3 Å². The molecule has 33 heavy (non-hydrogen) atoms. The van der Waals surface area contributed by atoms with Crippen LogP contribution in [0.25, 0.3) is 22.3 Å². The van der Waals surface area contributed by atoms with Gasteiger partial charge < -0.3 is 15.4 Å². The van der Waals surface area contributed by atoms with E-state index in [4.69, 9.17) is 4.99 Å². The van der Waals surface area contributed by atoms with Crippen LogP contribution in [-0.2, 0) is 0 Å². The van der Waals surface area contributed by atoms with Gasteiger partial charge in [-0.05, 0) is 31.1 Å². The molecule has 4 aromatic rings. The van der Waals surface area contributed by atoms with Crippen molar-refractivity contribution >= 4 is 29.0 Å². The van der Waals surface area contributed by atoms with Crippen molar-refractivity contribution in [1.82, 2.24) is 29.9 Å². The number of nitrogens with one attached hydrogen (secondary N) is 3. The van der Waals surface area contributed by atoms with Crippen molar-refractivity contribution in [2.75, 3.05) is 6.54 Å². The number of aromatic amines is 2. The molecule has 0 bridgehead atoms. The van der Waals surface area contributed by atoms with Gasteiger partial charge >= 0.3 is 5.69 Å². The van der Waals surface area contributed by atoms with Gasteiger partial charge in [-0.1, -0.05) is 0 Å². The van der Waals surface area contributed by atoms with Gasteiger partial charge in [-0.2, -0.15) is 9.61 Å². The Hall–Kier alpha value is -3.87. The molecule has 170 valence electrons. The second kappa shape index (κ2) is 8.24. The van der Waals surface area contributed by atoms with Gasteiger partial charge in [0.25, 0.3) is 12.3 Å². The van der Waals surface area contributed by atoms with Crippen LogP contribution >= 0.6 is 11.3 Å². The second-order valence-electron chi connectivity index (χ2n) is 7.45. The van der Waals surface area contributed by atoms with E-state index in [0.29, 0.717) is 26.9 Å². The van der Waals surface area contributed by atoms with Crippen molar-refractivity contribution in [3.8, 4) is 16.5 Å². The fraction of sp³-hybridized carbons (Fsp3) is 0.250. The molecule has 1 aliphatic rings. The van der Waals surface area contributed by atoms with Crippen molar-refractivity contribution in [2.45, 2.75) is 25.3 Å². The third kappa shape index (κ3) is 4.39. The van der Waals surface area contributed by atoms with E-state index in [1.54, 1.807) is 28.9 Å². The molecule has 0 aromatic carbocycles. The molecular formula is C20H17F2N7O3S. The monoisotopic (exact) mass is 473 g/mol. The zero-order valence-corrected chi connectivity index (χ0v) is 17.7. The number of hydrogen-bond acceptors (Lipinski definition) is 7. The van der Waals surface area contributed by atoms with Gasteiger partial charge in [-0.25, -0.2) is 18.6 Å². The van der Waals surface area contributed by atoms with Crippen molar-refractivity contribution in [3.05, 3.63) is 56.2 Å². The van der Waals surface area contributed by atoms with Crippen LogP contribution in [0.5, 0.6) is 5.88 Å². The van der Waals surface area contributed by atoms with Gasteiger partial charge in [-0.15, -0.1) is 11.3 Å². The first-order valence-electron chi connectivity index (χ1n) is 9.99. The second-order valence-corrected chi connectivity index (χ2v) is 8.53. The number of aromatic nitrogens is 5. The number of carbonyl (C=O) groups is 1. The topological polar surface area (TPSA) is 141 Å². The highest BCUT2D eigenvalue weighted by Gasteiger charge is 2.21. The van der Waals surface area contributed by atoms with Gasteiger partial charge in [0.1, 0.15) is 5.69 Å². The Kier molecular flexibility index (Phi) is 5.24. The summed E-state index contributed by atoms with van der Waals surface area (Å²) < 4.78 is 26.4. The molecule has 1 aliphatic carbocycles. The SMILES string of the molecule is O=C(NCC(F)F)c1ccc(-c2cc(=NC3CC3)n3nc/c(=C\c4[nH]c(=O)[nH]c4O)c3n2)s1. The van der Waals surface area contributed by atoms with Crippen molar-refractivity contribution in [3.63, 3.8) is 0 Å². The minimum atomic E-state index is -2.63. The lowest BCUT2D eigenvalue weighted by Crippen LogP contribution is -2.27. The van der Waals surface area contributed by atoms with Crippen LogP contribution in [0.4, 0.5) is 8.78 Å². The van der Waals surface area contributed by atoms with Crippen molar-refractivity contribution in [1.29, 1.82) is 0 Å². The number of hydrogen-bond donors (Lipinski definition) is 4. The van der Waals surface area contributed by atoms with Crippen molar-refractivity contribution in [2.24, 2.45) is 4.99 Å². The lowest BCUT2D eigenvalue weighted by atomic mass is 10.3. The smallest absolute Gasteiger partial charge is 0.326 e. The number of nitrogens with zero attached hydrogens (tertiary/aromatic N) is 4. The summed E-state index contributed by atoms with van der Waals surface area (Å²) >= 11 is 1.12. The maximum atomic E-state index is 12.4. The molecule has 0 saturated heterocycles. The summed E-state index contributed by atoms with van der Waals surface area (Å²) in [7, 11) is 0. The molecule has 4 N–H and O–H groups in total. The summed E-state index contributed by atoms with van der Waals surface area (Å²) in [4.78, 5) is 38.6. The lowest BCUT2D eigenvalue weighted by Gasteiger charge is -2.02. The zero-order chi connectivity index (χ0) is 23.1. The van der Waals surface area contributed by atoms with Gasteiger partial charge in [0.15, 0.2) is 11.1 Å². The van der Waals surface area contributed by atoms with Crippen LogP contribution in [0, 0.1) is 0 Å². The summed E-state index contributed by atoms with van der Waals surface area (Å²) in [6, 6.07) is 5.20. The molecule has 1 saturated carbocycles. The van der Waals surface area contributed by atoms with Gasteiger partial charge in [-0.3, -0.25) is 14.8 Å². The predicted molar refractivity (Wildman–Crippen MR) is 115 cm³/mol. The van der Waals surface area contributed by atoms with Gasteiger partial charge in [0.05, 0.1) is 34.2 Å². The van der Waals surface area contributed by atoms with E-state index >= 15 is 0 Å². The summed E-state index contributed by atoms with van der Waals surface area (Å²) in [6.45, 7) is -0.718. The molecule has 0 aliphatic heterocycles. The van der Waals surface area contributed by atoms with E-state index in [1.165, 1.54) is 6.08 Å².